The molecule has 0 aromatic carbocycles. The van der Waals surface area contributed by atoms with Gasteiger partial charge in [-0.25, -0.2) is 13.2 Å². The highest BCUT2D eigenvalue weighted by atomic mass is 32.2. The number of nitrogens with one attached hydrogen (secondary N) is 1. The van der Waals surface area contributed by atoms with Gasteiger partial charge in [0, 0.05) is 13.0 Å². The number of ether oxygens (including phenoxy) is 1. The Labute approximate surface area is 125 Å². The average Bonchev–Trinajstić information content (AvgIpc) is 2.23. The van der Waals surface area contributed by atoms with E-state index in [4.69, 9.17) is 9.84 Å². The van der Waals surface area contributed by atoms with Gasteiger partial charge in [-0.05, 0) is 39.0 Å². The fourth-order valence-electron chi connectivity index (χ4n) is 2.36. The summed E-state index contributed by atoms with van der Waals surface area (Å²) in [4.78, 5) is 22.4. The first-order valence-corrected chi connectivity index (χ1v) is 8.70. The Kier molecular flexibility index (Phi) is 5.61. The molecule has 0 aromatic rings. The van der Waals surface area contributed by atoms with Gasteiger partial charge in [-0.2, -0.15) is 0 Å². The van der Waals surface area contributed by atoms with Crippen LogP contribution in [0.2, 0.25) is 0 Å². The molecule has 0 aliphatic carbocycles. The van der Waals surface area contributed by atoms with E-state index in [0.29, 0.717) is 6.42 Å². The quantitative estimate of drug-likeness (QED) is 0.800. The summed E-state index contributed by atoms with van der Waals surface area (Å²) in [5.74, 6) is -1.78. The van der Waals surface area contributed by atoms with Crippen LogP contribution in [0.5, 0.6) is 0 Å². The first-order chi connectivity index (χ1) is 9.48. The first kappa shape index (κ1) is 17.7. The van der Waals surface area contributed by atoms with E-state index in [1.54, 1.807) is 20.8 Å². The molecule has 2 N–H and O–H groups in total. The number of hydrogen-bond acceptors (Lipinski definition) is 5. The zero-order chi connectivity index (χ0) is 16.3. The third-order valence-electron chi connectivity index (χ3n) is 3.28. The normalized spacial score (nSPS) is 25.1. The zero-order valence-electron chi connectivity index (χ0n) is 12.6. The van der Waals surface area contributed by atoms with E-state index in [1.165, 1.54) is 0 Å². The van der Waals surface area contributed by atoms with E-state index < -0.39 is 33.4 Å². The molecule has 1 aliphatic heterocycles. The number of rotatable bonds is 4. The Balaban J connectivity index is 2.59. The SMILES string of the molecule is CC(C)(C)OC(=O)NC[C@@H]1CCS(=O)(=O)C[C@H]1CC(=O)O. The van der Waals surface area contributed by atoms with Crippen LogP contribution in [0.3, 0.4) is 0 Å². The molecule has 7 nitrogen and oxygen atoms in total. The smallest absolute Gasteiger partial charge is 0.407 e. The molecule has 0 aromatic heterocycles. The number of carboxylic acid groups (broad SMARTS) is 1. The summed E-state index contributed by atoms with van der Waals surface area (Å²) < 4.78 is 28.3. The number of carbonyl (C=O) groups is 2. The van der Waals surface area contributed by atoms with Crippen LogP contribution >= 0.6 is 0 Å². The van der Waals surface area contributed by atoms with Crippen LogP contribution in [0, 0.1) is 11.8 Å². The highest BCUT2D eigenvalue weighted by Gasteiger charge is 2.34. The third kappa shape index (κ3) is 6.79. The molecule has 1 heterocycles. The van der Waals surface area contributed by atoms with Crippen LogP contribution in [0.4, 0.5) is 4.79 Å². The lowest BCUT2D eigenvalue weighted by atomic mass is 9.88. The molecule has 1 fully saturated rings. The summed E-state index contributed by atoms with van der Waals surface area (Å²) in [6.07, 6.45) is -0.430. The molecule has 1 saturated heterocycles. The van der Waals surface area contributed by atoms with Crippen LogP contribution in [0.25, 0.3) is 0 Å². The van der Waals surface area contributed by atoms with E-state index in [9.17, 15) is 18.0 Å². The molecule has 2 atom stereocenters. The van der Waals surface area contributed by atoms with Crippen molar-refractivity contribution in [3.8, 4) is 0 Å². The summed E-state index contributed by atoms with van der Waals surface area (Å²) in [6, 6.07) is 0. The van der Waals surface area contributed by atoms with Crippen molar-refractivity contribution >= 4 is 21.9 Å². The summed E-state index contributed by atoms with van der Waals surface area (Å²) in [6.45, 7) is 5.45. The summed E-state index contributed by atoms with van der Waals surface area (Å²) in [7, 11) is -3.19. The van der Waals surface area contributed by atoms with Gasteiger partial charge in [0.15, 0.2) is 9.84 Å². The fourth-order valence-corrected chi connectivity index (χ4v) is 4.23. The van der Waals surface area contributed by atoms with Crippen molar-refractivity contribution < 1.29 is 27.9 Å². The topological polar surface area (TPSA) is 110 Å². The molecule has 1 aliphatic rings. The van der Waals surface area contributed by atoms with Crippen LogP contribution in [0.15, 0.2) is 0 Å². The fraction of sp³-hybridized carbons (Fsp3) is 0.846. The monoisotopic (exact) mass is 321 g/mol. The number of sulfone groups is 1. The molecule has 21 heavy (non-hydrogen) atoms. The van der Waals surface area contributed by atoms with E-state index in [-0.39, 0.29) is 30.4 Å². The number of carbonyl (C=O) groups excluding carboxylic acids is 1. The standard InChI is InChI=1S/C13H23NO6S/c1-13(2,3)20-12(17)14-7-9-4-5-21(18,19)8-10(9)6-11(15)16/h9-10H,4-8H2,1-3H3,(H,14,17)(H,15,16)/t9-,10+/m0/s1. The van der Waals surface area contributed by atoms with Crippen molar-refractivity contribution in [2.24, 2.45) is 11.8 Å². The summed E-state index contributed by atoms with van der Waals surface area (Å²) >= 11 is 0. The highest BCUT2D eigenvalue weighted by molar-refractivity contribution is 7.91. The van der Waals surface area contributed by atoms with Gasteiger partial charge in [-0.1, -0.05) is 0 Å². The molecular formula is C13H23NO6S. The minimum Gasteiger partial charge on any atom is -0.481 e. The van der Waals surface area contributed by atoms with Gasteiger partial charge in [0.25, 0.3) is 0 Å². The third-order valence-corrected chi connectivity index (χ3v) is 5.07. The molecule has 0 unspecified atom stereocenters. The molecule has 0 spiro atoms. The second-order valence-electron chi connectivity index (χ2n) is 6.40. The van der Waals surface area contributed by atoms with Gasteiger partial charge < -0.3 is 15.2 Å². The zero-order valence-corrected chi connectivity index (χ0v) is 13.4. The van der Waals surface area contributed by atoms with Gasteiger partial charge in [-0.3, -0.25) is 4.79 Å². The number of aliphatic carboxylic acids is 1. The van der Waals surface area contributed by atoms with Crippen LogP contribution in [0.1, 0.15) is 33.6 Å². The van der Waals surface area contributed by atoms with Crippen molar-refractivity contribution in [1.29, 1.82) is 0 Å². The molecule has 0 radical (unpaired) electrons. The number of amides is 1. The Bertz CT molecular complexity index is 493. The lowest BCUT2D eigenvalue weighted by Gasteiger charge is -2.30. The van der Waals surface area contributed by atoms with Crippen LogP contribution in [-0.4, -0.2) is 49.2 Å². The van der Waals surface area contributed by atoms with Crippen LogP contribution in [-0.2, 0) is 19.4 Å². The van der Waals surface area contributed by atoms with Gasteiger partial charge in [0.2, 0.25) is 0 Å². The lowest BCUT2D eigenvalue weighted by Crippen LogP contribution is -2.42. The van der Waals surface area contributed by atoms with E-state index in [0.717, 1.165) is 0 Å². The summed E-state index contributed by atoms with van der Waals surface area (Å²) in [5.41, 5.74) is -0.611. The van der Waals surface area contributed by atoms with Crippen molar-refractivity contribution in [2.75, 3.05) is 18.1 Å². The molecule has 122 valence electrons. The Morgan fingerprint density at radius 3 is 2.43 bits per heavy atom. The maximum absolute atomic E-state index is 11.6. The number of carboxylic acids is 1. The van der Waals surface area contributed by atoms with Gasteiger partial charge in [0.05, 0.1) is 11.5 Å². The molecule has 8 heteroatoms. The average molecular weight is 321 g/mol. The maximum atomic E-state index is 11.6. The van der Waals surface area contributed by atoms with Crippen molar-refractivity contribution in [1.82, 2.24) is 5.32 Å². The Morgan fingerprint density at radius 1 is 1.29 bits per heavy atom. The predicted octanol–water partition coefficient (Wildman–Crippen LogP) is 1.04. The predicted molar refractivity (Wildman–Crippen MR) is 76.7 cm³/mol. The second kappa shape index (κ2) is 6.64. The first-order valence-electron chi connectivity index (χ1n) is 6.87. The molecule has 0 bridgehead atoms. The largest absolute Gasteiger partial charge is 0.481 e. The molecule has 0 saturated carbocycles. The Morgan fingerprint density at radius 2 is 1.90 bits per heavy atom. The van der Waals surface area contributed by atoms with Gasteiger partial charge in [-0.15, -0.1) is 0 Å². The van der Waals surface area contributed by atoms with Gasteiger partial charge in [0.1, 0.15) is 5.60 Å². The van der Waals surface area contributed by atoms with E-state index >= 15 is 0 Å². The van der Waals surface area contributed by atoms with E-state index in [2.05, 4.69) is 5.32 Å². The number of alkyl carbamates (subject to hydrolysis) is 1. The van der Waals surface area contributed by atoms with Crippen molar-refractivity contribution in [3.63, 3.8) is 0 Å². The number of hydrogen-bond donors (Lipinski definition) is 2. The van der Waals surface area contributed by atoms with Gasteiger partial charge >= 0.3 is 12.1 Å². The Hall–Kier alpha value is -1.31. The maximum Gasteiger partial charge on any atom is 0.407 e. The minimum atomic E-state index is -3.19. The van der Waals surface area contributed by atoms with Crippen molar-refractivity contribution in [3.05, 3.63) is 0 Å². The van der Waals surface area contributed by atoms with E-state index in [1.807, 2.05) is 0 Å². The highest BCUT2D eigenvalue weighted by Crippen LogP contribution is 2.27. The minimum absolute atomic E-state index is 0.0315. The summed E-state index contributed by atoms with van der Waals surface area (Å²) in [5, 5.41) is 11.5. The molecular weight excluding hydrogens is 298 g/mol. The molecule has 1 rings (SSSR count). The van der Waals surface area contributed by atoms with Crippen molar-refractivity contribution in [2.45, 2.75) is 39.2 Å². The second-order valence-corrected chi connectivity index (χ2v) is 8.63. The molecule has 1 amide bonds. The van der Waals surface area contributed by atoms with Crippen LogP contribution < -0.4 is 5.32 Å². The lowest BCUT2D eigenvalue weighted by molar-refractivity contribution is -0.138.